The third kappa shape index (κ3) is 4.51. The molecule has 8 nitrogen and oxygen atoms in total. The van der Waals surface area contributed by atoms with Crippen LogP contribution in [-0.2, 0) is 19.1 Å². The monoisotopic (exact) mass is 503 g/mol. The normalized spacial score (nSPS) is 29.9. The fourth-order valence-electron chi connectivity index (χ4n) is 6.53. The van der Waals surface area contributed by atoms with E-state index in [-0.39, 0.29) is 30.2 Å². The fraction of sp³-hybridized carbons (Fsp3) is 0.750. The van der Waals surface area contributed by atoms with Crippen molar-refractivity contribution in [3.05, 3.63) is 25.3 Å². The predicted molar refractivity (Wildman–Crippen MR) is 139 cm³/mol. The van der Waals surface area contributed by atoms with Gasteiger partial charge >= 0.3 is 0 Å². The Morgan fingerprint density at radius 3 is 2.36 bits per heavy atom. The summed E-state index contributed by atoms with van der Waals surface area (Å²) >= 11 is 0. The Hall–Kier alpha value is -2.19. The molecule has 3 heterocycles. The van der Waals surface area contributed by atoms with Gasteiger partial charge in [-0.25, -0.2) is 0 Å². The summed E-state index contributed by atoms with van der Waals surface area (Å²) in [6.07, 6.45) is 4.92. The first kappa shape index (κ1) is 28.4. The maximum atomic E-state index is 14.3. The van der Waals surface area contributed by atoms with Crippen LogP contribution in [0.15, 0.2) is 25.3 Å². The second-order valence-electron chi connectivity index (χ2n) is 11.8. The molecule has 6 atom stereocenters. The maximum absolute atomic E-state index is 14.3. The van der Waals surface area contributed by atoms with Crippen LogP contribution in [0, 0.1) is 17.8 Å². The van der Waals surface area contributed by atoms with Gasteiger partial charge in [0.05, 0.1) is 30.6 Å². The van der Waals surface area contributed by atoms with E-state index in [0.29, 0.717) is 32.5 Å². The number of hydrogen-bond acceptors (Lipinski definition) is 5. The largest absolute Gasteiger partial charge is 0.394 e. The van der Waals surface area contributed by atoms with E-state index in [0.717, 1.165) is 6.42 Å². The lowest BCUT2D eigenvalue weighted by Gasteiger charge is -2.44. The lowest BCUT2D eigenvalue weighted by atomic mass is 9.70. The molecule has 36 heavy (non-hydrogen) atoms. The van der Waals surface area contributed by atoms with Crippen LogP contribution in [0.1, 0.15) is 60.8 Å². The Morgan fingerprint density at radius 1 is 1.22 bits per heavy atom. The van der Waals surface area contributed by atoms with Crippen molar-refractivity contribution < 1.29 is 24.2 Å². The lowest BCUT2D eigenvalue weighted by Crippen LogP contribution is -2.62. The molecule has 202 valence electrons. The molecule has 1 N–H and O–H groups in total. The highest BCUT2D eigenvalue weighted by atomic mass is 16.5. The molecule has 3 aliphatic heterocycles. The van der Waals surface area contributed by atoms with Gasteiger partial charge in [-0.2, -0.15) is 0 Å². The second kappa shape index (κ2) is 10.7. The van der Waals surface area contributed by atoms with Crippen molar-refractivity contribution in [2.45, 2.75) is 90.1 Å². The highest BCUT2D eigenvalue weighted by Gasteiger charge is 2.75. The number of aliphatic hydroxyl groups excluding tert-OH is 1. The summed E-state index contributed by atoms with van der Waals surface area (Å²) in [6, 6.07) is -1.47. The van der Waals surface area contributed by atoms with Gasteiger partial charge < -0.3 is 24.5 Å². The molecule has 3 aliphatic rings. The summed E-state index contributed by atoms with van der Waals surface area (Å²) in [5.74, 6) is -2.08. The van der Waals surface area contributed by atoms with E-state index in [4.69, 9.17) is 4.74 Å². The van der Waals surface area contributed by atoms with E-state index < -0.39 is 41.2 Å². The summed E-state index contributed by atoms with van der Waals surface area (Å²) in [6.45, 7) is 20.4. The molecule has 0 aromatic carbocycles. The van der Waals surface area contributed by atoms with Crippen molar-refractivity contribution >= 4 is 17.7 Å². The number of amides is 3. The van der Waals surface area contributed by atoms with E-state index in [1.807, 2.05) is 41.5 Å². The van der Waals surface area contributed by atoms with Crippen LogP contribution in [0.5, 0.6) is 0 Å². The Bertz CT molecular complexity index is 881. The second-order valence-corrected chi connectivity index (χ2v) is 11.8. The number of nitrogens with zero attached hydrogens (tertiary/aromatic N) is 3. The number of carbonyl (C=O) groups is 3. The van der Waals surface area contributed by atoms with Crippen molar-refractivity contribution in [2.75, 3.05) is 26.2 Å². The third-order valence-electron chi connectivity index (χ3n) is 8.11. The van der Waals surface area contributed by atoms with Gasteiger partial charge in [-0.15, -0.1) is 13.2 Å². The molecule has 3 fully saturated rings. The highest BCUT2D eigenvalue weighted by Crippen LogP contribution is 2.59. The Morgan fingerprint density at radius 2 is 1.86 bits per heavy atom. The Kier molecular flexibility index (Phi) is 8.40. The standard InChI is InChI=1S/C28H45N3O5/c1-9-14-29(15-10-2)24(33)21-20-12-13-28(36-20)22(21)25(34)31(19(17-32)18(4)5)23(28)26(35)30(16-11-3)27(6,7)8/h9,11,18-23,32H,1,3,10,12-17H2,2,4-8H3/t19-,20+,21-,22-,23?,28?/m0/s1. The Labute approximate surface area is 216 Å². The number of aliphatic hydroxyl groups is 1. The average Bonchev–Trinajstić information content (AvgIpc) is 3.44. The minimum atomic E-state index is -1.09. The first-order valence-electron chi connectivity index (χ1n) is 13.3. The van der Waals surface area contributed by atoms with Crippen molar-refractivity contribution in [3.63, 3.8) is 0 Å². The zero-order valence-corrected chi connectivity index (χ0v) is 22.9. The fourth-order valence-corrected chi connectivity index (χ4v) is 6.53. The van der Waals surface area contributed by atoms with E-state index in [1.165, 1.54) is 0 Å². The minimum Gasteiger partial charge on any atom is -0.394 e. The summed E-state index contributed by atoms with van der Waals surface area (Å²) in [7, 11) is 0. The molecule has 0 saturated carbocycles. The van der Waals surface area contributed by atoms with Crippen LogP contribution in [-0.4, -0.2) is 93.1 Å². The molecule has 1 spiro atoms. The third-order valence-corrected chi connectivity index (χ3v) is 8.11. The van der Waals surface area contributed by atoms with Crippen LogP contribution >= 0.6 is 0 Å². The van der Waals surface area contributed by atoms with Crippen LogP contribution in [0.3, 0.4) is 0 Å². The molecule has 8 heteroatoms. The first-order valence-corrected chi connectivity index (χ1v) is 13.3. The van der Waals surface area contributed by atoms with Gasteiger partial charge in [0, 0.05) is 25.2 Å². The first-order chi connectivity index (χ1) is 16.9. The highest BCUT2D eigenvalue weighted by molar-refractivity contribution is 5.99. The van der Waals surface area contributed by atoms with E-state index in [2.05, 4.69) is 13.2 Å². The molecule has 0 radical (unpaired) electrons. The van der Waals surface area contributed by atoms with Gasteiger partial charge in [0.2, 0.25) is 17.7 Å². The van der Waals surface area contributed by atoms with Gasteiger partial charge in [-0.05, 0) is 46.0 Å². The van der Waals surface area contributed by atoms with Crippen molar-refractivity contribution in [2.24, 2.45) is 17.8 Å². The summed E-state index contributed by atoms with van der Waals surface area (Å²) in [5, 5.41) is 10.3. The quantitative estimate of drug-likeness (QED) is 0.438. The minimum absolute atomic E-state index is 0.0873. The molecule has 2 bridgehead atoms. The molecule has 0 aromatic rings. The van der Waals surface area contributed by atoms with Crippen molar-refractivity contribution in [1.82, 2.24) is 14.7 Å². The number of likely N-dealkylation sites (tertiary alicyclic amines) is 1. The van der Waals surface area contributed by atoms with Gasteiger partial charge in [0.25, 0.3) is 0 Å². The Balaban J connectivity index is 2.13. The molecule has 3 amide bonds. The van der Waals surface area contributed by atoms with Gasteiger partial charge in [0.1, 0.15) is 11.6 Å². The molecule has 3 saturated heterocycles. The van der Waals surface area contributed by atoms with Crippen LogP contribution in [0.4, 0.5) is 0 Å². The molecule has 0 aromatic heterocycles. The summed E-state index contributed by atoms with van der Waals surface area (Å²) in [5.41, 5.74) is -1.60. The van der Waals surface area contributed by atoms with Gasteiger partial charge in [0.15, 0.2) is 0 Å². The zero-order chi connectivity index (χ0) is 27.0. The topological polar surface area (TPSA) is 90.4 Å². The molecule has 0 aliphatic carbocycles. The van der Waals surface area contributed by atoms with Crippen molar-refractivity contribution in [1.29, 1.82) is 0 Å². The van der Waals surface area contributed by atoms with E-state index >= 15 is 0 Å². The van der Waals surface area contributed by atoms with Crippen LogP contribution in [0.2, 0.25) is 0 Å². The van der Waals surface area contributed by atoms with Gasteiger partial charge in [-0.3, -0.25) is 14.4 Å². The molecule has 3 rings (SSSR count). The van der Waals surface area contributed by atoms with Gasteiger partial charge in [-0.1, -0.05) is 32.9 Å². The molecular weight excluding hydrogens is 458 g/mol. The van der Waals surface area contributed by atoms with Crippen LogP contribution < -0.4 is 0 Å². The molecule has 2 unspecified atom stereocenters. The van der Waals surface area contributed by atoms with Crippen LogP contribution in [0.25, 0.3) is 0 Å². The number of ether oxygens (including phenoxy) is 1. The lowest BCUT2D eigenvalue weighted by molar-refractivity contribution is -0.155. The predicted octanol–water partition coefficient (Wildman–Crippen LogP) is 2.62. The van der Waals surface area contributed by atoms with E-state index in [1.54, 1.807) is 26.9 Å². The van der Waals surface area contributed by atoms with E-state index in [9.17, 15) is 19.5 Å². The molecular formula is C28H45N3O5. The SMILES string of the molecule is C=CCN(CCC)C(=O)[C@@H]1[C@H]2C(=O)N([C@@H](CO)C(C)C)C(C(=O)N(CC=C)C(C)(C)C)C23CC[C@H]1O3. The number of carbonyl (C=O) groups excluding carboxylic acids is 3. The summed E-state index contributed by atoms with van der Waals surface area (Å²) in [4.78, 5) is 47.4. The number of rotatable bonds is 11. The van der Waals surface area contributed by atoms with Crippen molar-refractivity contribution in [3.8, 4) is 0 Å². The smallest absolute Gasteiger partial charge is 0.249 e. The zero-order valence-electron chi connectivity index (χ0n) is 22.9. The number of hydrogen-bond donors (Lipinski definition) is 1. The summed E-state index contributed by atoms with van der Waals surface area (Å²) < 4.78 is 6.58. The average molecular weight is 504 g/mol. The maximum Gasteiger partial charge on any atom is 0.249 e. The number of fused-ring (bicyclic) bond motifs is 1.